The molecule has 1 fully saturated rings. The third-order valence-corrected chi connectivity index (χ3v) is 3.12. The standard InChI is InChI=1S/C13H16N2O4/c16-11-8-9(4-5-10(11)12(17)18)14-13(19)15-6-2-1-3-7-15/h4-5,8,16H,1-3,6-7H2,(H,14,19)(H,17,18). The molecule has 0 aliphatic carbocycles. The first-order valence-corrected chi connectivity index (χ1v) is 6.20. The van der Waals surface area contributed by atoms with Gasteiger partial charge in [0, 0.05) is 24.8 Å². The maximum atomic E-state index is 11.9. The SMILES string of the molecule is O=C(O)c1ccc(NC(=O)N2CCCCC2)cc1O. The minimum atomic E-state index is -1.20. The molecule has 1 saturated heterocycles. The topological polar surface area (TPSA) is 89.9 Å². The molecule has 102 valence electrons. The van der Waals surface area contributed by atoms with E-state index in [1.807, 2.05) is 0 Å². The van der Waals surface area contributed by atoms with E-state index in [4.69, 9.17) is 5.11 Å². The first-order valence-electron chi connectivity index (χ1n) is 6.20. The predicted molar refractivity (Wildman–Crippen MR) is 69.5 cm³/mol. The lowest BCUT2D eigenvalue weighted by atomic mass is 10.1. The van der Waals surface area contributed by atoms with Gasteiger partial charge in [-0.1, -0.05) is 0 Å². The largest absolute Gasteiger partial charge is 0.507 e. The number of carboxylic acid groups (broad SMARTS) is 1. The zero-order valence-electron chi connectivity index (χ0n) is 10.4. The molecule has 0 atom stereocenters. The van der Waals surface area contributed by atoms with Gasteiger partial charge in [-0.2, -0.15) is 0 Å². The fraction of sp³-hybridized carbons (Fsp3) is 0.385. The van der Waals surface area contributed by atoms with E-state index in [0.29, 0.717) is 5.69 Å². The summed E-state index contributed by atoms with van der Waals surface area (Å²) >= 11 is 0. The number of nitrogens with zero attached hydrogens (tertiary/aromatic N) is 1. The molecule has 1 aliphatic rings. The number of aromatic carboxylic acids is 1. The van der Waals surface area contributed by atoms with Gasteiger partial charge in [-0.3, -0.25) is 0 Å². The van der Waals surface area contributed by atoms with Gasteiger partial charge in [-0.25, -0.2) is 9.59 Å². The second-order valence-corrected chi connectivity index (χ2v) is 4.51. The summed E-state index contributed by atoms with van der Waals surface area (Å²) in [5, 5.41) is 21.0. The van der Waals surface area contributed by atoms with Crippen LogP contribution < -0.4 is 5.32 Å². The number of aromatic hydroxyl groups is 1. The number of carbonyl (C=O) groups excluding carboxylic acids is 1. The van der Waals surface area contributed by atoms with E-state index in [1.165, 1.54) is 18.2 Å². The van der Waals surface area contributed by atoms with Crippen molar-refractivity contribution in [1.29, 1.82) is 0 Å². The second kappa shape index (κ2) is 5.60. The Morgan fingerprint density at radius 1 is 1.16 bits per heavy atom. The van der Waals surface area contributed by atoms with Crippen molar-refractivity contribution in [2.24, 2.45) is 0 Å². The van der Waals surface area contributed by atoms with Gasteiger partial charge in [0.25, 0.3) is 0 Å². The Morgan fingerprint density at radius 2 is 1.84 bits per heavy atom. The number of piperidine rings is 1. The number of anilines is 1. The average molecular weight is 264 g/mol. The van der Waals surface area contributed by atoms with Crippen LogP contribution in [0.5, 0.6) is 5.75 Å². The van der Waals surface area contributed by atoms with Gasteiger partial charge in [-0.15, -0.1) is 0 Å². The summed E-state index contributed by atoms with van der Waals surface area (Å²) in [5.74, 6) is -1.56. The van der Waals surface area contributed by atoms with E-state index in [2.05, 4.69) is 5.32 Å². The number of benzene rings is 1. The van der Waals surface area contributed by atoms with Crippen LogP contribution in [0.3, 0.4) is 0 Å². The lowest BCUT2D eigenvalue weighted by Crippen LogP contribution is -2.38. The van der Waals surface area contributed by atoms with Crippen molar-refractivity contribution in [2.75, 3.05) is 18.4 Å². The number of phenols is 1. The molecule has 0 spiro atoms. The molecule has 0 saturated carbocycles. The van der Waals surface area contributed by atoms with Gasteiger partial charge in [0.1, 0.15) is 11.3 Å². The number of nitrogens with one attached hydrogen (secondary N) is 1. The molecule has 6 nitrogen and oxygen atoms in total. The van der Waals surface area contributed by atoms with Crippen LogP contribution in [-0.2, 0) is 0 Å². The first-order chi connectivity index (χ1) is 9.08. The fourth-order valence-corrected chi connectivity index (χ4v) is 2.09. The van der Waals surface area contributed by atoms with Crippen molar-refractivity contribution < 1.29 is 19.8 Å². The van der Waals surface area contributed by atoms with Gasteiger partial charge in [0.05, 0.1) is 0 Å². The van der Waals surface area contributed by atoms with Crippen molar-refractivity contribution in [2.45, 2.75) is 19.3 Å². The number of urea groups is 1. The van der Waals surface area contributed by atoms with Crippen LogP contribution in [-0.4, -0.2) is 40.2 Å². The average Bonchev–Trinajstić information content (AvgIpc) is 2.39. The van der Waals surface area contributed by atoms with Crippen LogP contribution in [0.2, 0.25) is 0 Å². The van der Waals surface area contributed by atoms with E-state index in [0.717, 1.165) is 32.4 Å². The highest BCUT2D eigenvalue weighted by atomic mass is 16.4. The Balaban J connectivity index is 2.04. The summed E-state index contributed by atoms with van der Waals surface area (Å²) in [6.07, 6.45) is 3.13. The molecule has 0 bridgehead atoms. The second-order valence-electron chi connectivity index (χ2n) is 4.51. The zero-order valence-corrected chi connectivity index (χ0v) is 10.4. The van der Waals surface area contributed by atoms with Crippen molar-refractivity contribution in [1.82, 2.24) is 4.90 Å². The fourth-order valence-electron chi connectivity index (χ4n) is 2.09. The van der Waals surface area contributed by atoms with Gasteiger partial charge in [0.2, 0.25) is 0 Å². The highest BCUT2D eigenvalue weighted by Crippen LogP contribution is 2.22. The monoisotopic (exact) mass is 264 g/mol. The molecule has 6 heteroatoms. The third kappa shape index (κ3) is 3.15. The van der Waals surface area contributed by atoms with E-state index in [-0.39, 0.29) is 17.3 Å². The lowest BCUT2D eigenvalue weighted by molar-refractivity contribution is 0.0694. The Hall–Kier alpha value is -2.24. The van der Waals surface area contributed by atoms with Gasteiger partial charge in [0.15, 0.2) is 0 Å². The summed E-state index contributed by atoms with van der Waals surface area (Å²) in [6, 6.07) is 3.75. The maximum Gasteiger partial charge on any atom is 0.339 e. The molecular formula is C13H16N2O4. The van der Waals surface area contributed by atoms with Gasteiger partial charge >= 0.3 is 12.0 Å². The van der Waals surface area contributed by atoms with Crippen molar-refractivity contribution in [3.8, 4) is 5.75 Å². The smallest absolute Gasteiger partial charge is 0.339 e. The normalized spacial score (nSPS) is 15.1. The molecular weight excluding hydrogens is 248 g/mol. The van der Waals surface area contributed by atoms with Crippen molar-refractivity contribution in [3.05, 3.63) is 23.8 Å². The van der Waals surface area contributed by atoms with Crippen molar-refractivity contribution in [3.63, 3.8) is 0 Å². The number of rotatable bonds is 2. The summed E-state index contributed by atoms with van der Waals surface area (Å²) < 4.78 is 0. The summed E-state index contributed by atoms with van der Waals surface area (Å²) in [4.78, 5) is 24.4. The van der Waals surface area contributed by atoms with Gasteiger partial charge < -0.3 is 20.4 Å². The van der Waals surface area contributed by atoms with E-state index < -0.39 is 5.97 Å². The van der Waals surface area contributed by atoms with Gasteiger partial charge in [-0.05, 0) is 31.4 Å². The van der Waals surface area contributed by atoms with Crippen LogP contribution >= 0.6 is 0 Å². The van der Waals surface area contributed by atoms with Crippen LogP contribution in [0.1, 0.15) is 29.6 Å². The molecule has 2 amide bonds. The highest BCUT2D eigenvalue weighted by molar-refractivity contribution is 5.93. The molecule has 1 aromatic carbocycles. The Kier molecular flexibility index (Phi) is 3.89. The molecule has 0 unspecified atom stereocenters. The summed E-state index contributed by atoms with van der Waals surface area (Å²) in [6.45, 7) is 1.45. The van der Waals surface area contributed by atoms with E-state index >= 15 is 0 Å². The minimum absolute atomic E-state index is 0.184. The molecule has 1 heterocycles. The summed E-state index contributed by atoms with van der Waals surface area (Å²) in [7, 11) is 0. The number of amides is 2. The number of hydrogen-bond acceptors (Lipinski definition) is 3. The van der Waals surface area contributed by atoms with Crippen LogP contribution in [0, 0.1) is 0 Å². The molecule has 0 aromatic heterocycles. The number of likely N-dealkylation sites (tertiary alicyclic amines) is 1. The zero-order chi connectivity index (χ0) is 13.8. The Morgan fingerprint density at radius 3 is 2.42 bits per heavy atom. The van der Waals surface area contributed by atoms with Crippen LogP contribution in [0.4, 0.5) is 10.5 Å². The highest BCUT2D eigenvalue weighted by Gasteiger charge is 2.17. The van der Waals surface area contributed by atoms with Crippen molar-refractivity contribution >= 4 is 17.7 Å². The van der Waals surface area contributed by atoms with E-state index in [9.17, 15) is 14.7 Å². The lowest BCUT2D eigenvalue weighted by Gasteiger charge is -2.26. The number of hydrogen-bond donors (Lipinski definition) is 3. The Bertz CT molecular complexity index is 495. The molecule has 0 radical (unpaired) electrons. The number of carboxylic acids is 1. The predicted octanol–water partition coefficient (Wildman–Crippen LogP) is 2.11. The van der Waals surface area contributed by atoms with Crippen LogP contribution in [0.25, 0.3) is 0 Å². The van der Waals surface area contributed by atoms with Crippen LogP contribution in [0.15, 0.2) is 18.2 Å². The molecule has 1 aliphatic heterocycles. The molecule has 19 heavy (non-hydrogen) atoms. The molecule has 3 N–H and O–H groups in total. The molecule has 1 aromatic rings. The maximum absolute atomic E-state index is 11.9. The number of carbonyl (C=O) groups is 2. The first kappa shape index (κ1) is 13.2. The molecule has 2 rings (SSSR count). The third-order valence-electron chi connectivity index (χ3n) is 3.12. The Labute approximate surface area is 110 Å². The minimum Gasteiger partial charge on any atom is -0.507 e. The quantitative estimate of drug-likeness (QED) is 0.763. The van der Waals surface area contributed by atoms with E-state index in [1.54, 1.807) is 4.90 Å². The summed E-state index contributed by atoms with van der Waals surface area (Å²) in [5.41, 5.74) is 0.203.